The molecular formula is C24H30N2O5S. The maximum atomic E-state index is 12.9. The summed E-state index contributed by atoms with van der Waals surface area (Å²) in [4.78, 5) is 25.8. The number of hydrogen-bond donors (Lipinski definition) is 0. The van der Waals surface area contributed by atoms with Crippen molar-refractivity contribution in [3.05, 3.63) is 65.7 Å². The summed E-state index contributed by atoms with van der Waals surface area (Å²) in [5.74, 6) is -0.159. The van der Waals surface area contributed by atoms with Crippen LogP contribution >= 0.6 is 0 Å². The molecule has 0 saturated carbocycles. The zero-order chi connectivity index (χ0) is 23.0. The molecule has 172 valence electrons. The van der Waals surface area contributed by atoms with Crippen molar-refractivity contribution in [3.8, 4) is 0 Å². The van der Waals surface area contributed by atoms with Gasteiger partial charge in [-0.1, -0.05) is 42.5 Å². The lowest BCUT2D eigenvalue weighted by Gasteiger charge is -2.34. The predicted octanol–water partition coefficient (Wildman–Crippen LogP) is 2.76. The Bertz CT molecular complexity index is 1020. The summed E-state index contributed by atoms with van der Waals surface area (Å²) in [5, 5.41) is 0. The van der Waals surface area contributed by atoms with Gasteiger partial charge < -0.3 is 9.64 Å². The van der Waals surface area contributed by atoms with Gasteiger partial charge in [0.2, 0.25) is 15.9 Å². The lowest BCUT2D eigenvalue weighted by Crippen LogP contribution is -2.50. The molecule has 2 aromatic carbocycles. The highest BCUT2D eigenvalue weighted by Crippen LogP contribution is 2.19. The molecule has 0 aliphatic carbocycles. The largest absolute Gasteiger partial charge is 0.381 e. The van der Waals surface area contributed by atoms with Crippen molar-refractivity contribution in [2.45, 2.75) is 31.1 Å². The maximum Gasteiger partial charge on any atom is 0.243 e. The van der Waals surface area contributed by atoms with Gasteiger partial charge in [0.05, 0.1) is 11.5 Å². The summed E-state index contributed by atoms with van der Waals surface area (Å²) in [6.45, 7) is 3.76. The van der Waals surface area contributed by atoms with E-state index >= 15 is 0 Å². The van der Waals surface area contributed by atoms with Crippen LogP contribution in [0.3, 0.4) is 0 Å². The van der Waals surface area contributed by atoms with Crippen molar-refractivity contribution in [2.24, 2.45) is 0 Å². The maximum absolute atomic E-state index is 12.9. The van der Waals surface area contributed by atoms with E-state index in [1.54, 1.807) is 17.0 Å². The molecule has 8 heteroatoms. The molecule has 0 N–H and O–H groups in total. The lowest BCUT2D eigenvalue weighted by atomic mass is 10.2. The molecule has 1 fully saturated rings. The molecule has 7 nitrogen and oxygen atoms in total. The van der Waals surface area contributed by atoms with Crippen molar-refractivity contribution in [1.29, 1.82) is 0 Å². The average Bonchev–Trinajstić information content (AvgIpc) is 2.82. The van der Waals surface area contributed by atoms with Crippen LogP contribution in [0.15, 0.2) is 59.5 Å². The number of rotatable bonds is 10. The van der Waals surface area contributed by atoms with Crippen LogP contribution in [0.4, 0.5) is 0 Å². The van der Waals surface area contributed by atoms with Gasteiger partial charge >= 0.3 is 0 Å². The first-order chi connectivity index (χ1) is 15.4. The van der Waals surface area contributed by atoms with Gasteiger partial charge in [0.25, 0.3) is 0 Å². The molecule has 3 rings (SSSR count). The van der Waals surface area contributed by atoms with E-state index in [-0.39, 0.29) is 29.7 Å². The monoisotopic (exact) mass is 458 g/mol. The molecule has 0 aromatic heterocycles. The van der Waals surface area contributed by atoms with E-state index in [9.17, 15) is 18.0 Å². The highest BCUT2D eigenvalue weighted by molar-refractivity contribution is 7.89. The Morgan fingerprint density at radius 2 is 1.66 bits per heavy atom. The van der Waals surface area contributed by atoms with Gasteiger partial charge in [0.1, 0.15) is 0 Å². The molecule has 1 aliphatic heterocycles. The van der Waals surface area contributed by atoms with Crippen LogP contribution in [0.25, 0.3) is 0 Å². The molecule has 0 bridgehead atoms. The first kappa shape index (κ1) is 24.1. The average molecular weight is 459 g/mol. The molecule has 1 saturated heterocycles. The number of amides is 1. The number of nitrogens with zero attached hydrogens (tertiary/aromatic N) is 2. The Labute approximate surface area is 190 Å². The molecule has 0 radical (unpaired) electrons. The van der Waals surface area contributed by atoms with Crippen LogP contribution in [0.2, 0.25) is 0 Å². The normalized spacial score (nSPS) is 15.0. The Kier molecular flexibility index (Phi) is 8.55. The topological polar surface area (TPSA) is 84.0 Å². The quantitative estimate of drug-likeness (QED) is 0.404. The summed E-state index contributed by atoms with van der Waals surface area (Å²) in [6, 6.07) is 16.2. The first-order valence-corrected chi connectivity index (χ1v) is 12.3. The second-order valence-electron chi connectivity index (χ2n) is 7.82. The molecule has 1 heterocycles. The molecule has 2 aromatic rings. The molecule has 0 atom stereocenters. The second-order valence-corrected chi connectivity index (χ2v) is 9.76. The van der Waals surface area contributed by atoms with E-state index < -0.39 is 10.0 Å². The zero-order valence-corrected chi connectivity index (χ0v) is 19.2. The Balaban J connectivity index is 1.39. The molecule has 1 aliphatic rings. The van der Waals surface area contributed by atoms with E-state index in [4.69, 9.17) is 4.74 Å². The number of benzene rings is 2. The van der Waals surface area contributed by atoms with Crippen LogP contribution in [-0.4, -0.2) is 68.7 Å². The first-order valence-electron chi connectivity index (χ1n) is 10.9. The van der Waals surface area contributed by atoms with Crippen LogP contribution in [-0.2, 0) is 26.0 Å². The number of ketones is 1. The van der Waals surface area contributed by atoms with Crippen molar-refractivity contribution >= 4 is 21.7 Å². The van der Waals surface area contributed by atoms with Gasteiger partial charge in [-0.25, -0.2) is 8.42 Å². The third-order valence-electron chi connectivity index (χ3n) is 5.53. The van der Waals surface area contributed by atoms with Crippen molar-refractivity contribution in [3.63, 3.8) is 0 Å². The van der Waals surface area contributed by atoms with Gasteiger partial charge in [-0.2, -0.15) is 4.31 Å². The number of carbonyl (C=O) groups is 2. The number of carbonyl (C=O) groups excluding carboxylic acids is 2. The lowest BCUT2D eigenvalue weighted by molar-refractivity contribution is -0.132. The minimum atomic E-state index is -3.69. The number of ether oxygens (including phenoxy) is 1. The molecule has 0 spiro atoms. The van der Waals surface area contributed by atoms with Crippen molar-refractivity contribution < 1.29 is 22.7 Å². The highest BCUT2D eigenvalue weighted by atomic mass is 32.2. The van der Waals surface area contributed by atoms with E-state index in [1.807, 2.05) is 18.2 Å². The van der Waals surface area contributed by atoms with Crippen LogP contribution < -0.4 is 0 Å². The summed E-state index contributed by atoms with van der Waals surface area (Å²) in [6.07, 6.45) is 1.88. The summed E-state index contributed by atoms with van der Waals surface area (Å²) in [7, 11) is -3.69. The number of sulfonamides is 1. The fourth-order valence-corrected chi connectivity index (χ4v) is 5.09. The van der Waals surface area contributed by atoms with Gasteiger partial charge in [-0.05, 0) is 37.5 Å². The summed E-state index contributed by atoms with van der Waals surface area (Å²) >= 11 is 0. The molecule has 32 heavy (non-hydrogen) atoms. The van der Waals surface area contributed by atoms with Crippen molar-refractivity contribution in [1.82, 2.24) is 9.21 Å². The summed E-state index contributed by atoms with van der Waals surface area (Å²) < 4.78 is 32.8. The molecule has 1 amide bonds. The van der Waals surface area contributed by atoms with Gasteiger partial charge in [0, 0.05) is 44.8 Å². The standard InChI is InChI=1S/C24H30N2O5S/c1-20(27)22-9-5-10-23(19-22)32(29,30)26-15-13-25(14-16-26)24(28)11-6-17-31-18-12-21-7-3-2-4-8-21/h2-5,7-10,19H,6,11-18H2,1H3. The smallest absolute Gasteiger partial charge is 0.243 e. The third kappa shape index (κ3) is 6.48. The van der Waals surface area contributed by atoms with E-state index in [0.29, 0.717) is 44.7 Å². The Morgan fingerprint density at radius 3 is 2.34 bits per heavy atom. The van der Waals surface area contributed by atoms with Crippen LogP contribution in [0.1, 0.15) is 35.7 Å². The fraction of sp³-hybridized carbons (Fsp3) is 0.417. The number of piperazine rings is 1. The third-order valence-corrected chi connectivity index (χ3v) is 7.42. The van der Waals surface area contributed by atoms with Gasteiger partial charge in [-0.15, -0.1) is 0 Å². The second kappa shape index (κ2) is 11.4. The fourth-order valence-electron chi connectivity index (χ4n) is 3.62. The van der Waals surface area contributed by atoms with E-state index in [2.05, 4.69) is 12.1 Å². The SMILES string of the molecule is CC(=O)c1cccc(S(=O)(=O)N2CCN(C(=O)CCCOCCc3ccccc3)CC2)c1. The van der Waals surface area contributed by atoms with Crippen LogP contribution in [0, 0.1) is 0 Å². The molecule has 0 unspecified atom stereocenters. The Morgan fingerprint density at radius 1 is 0.938 bits per heavy atom. The Hall–Kier alpha value is -2.55. The van der Waals surface area contributed by atoms with Gasteiger partial charge in [0.15, 0.2) is 5.78 Å². The van der Waals surface area contributed by atoms with Crippen LogP contribution in [0.5, 0.6) is 0 Å². The number of hydrogen-bond acceptors (Lipinski definition) is 5. The molecular weight excluding hydrogens is 428 g/mol. The minimum absolute atomic E-state index is 0.0206. The number of Topliss-reactive ketones (excluding diaryl/α,β-unsaturated/α-hetero) is 1. The van der Waals surface area contributed by atoms with Crippen molar-refractivity contribution in [2.75, 3.05) is 39.4 Å². The summed E-state index contributed by atoms with van der Waals surface area (Å²) in [5.41, 5.74) is 1.59. The highest BCUT2D eigenvalue weighted by Gasteiger charge is 2.30. The zero-order valence-electron chi connectivity index (χ0n) is 18.4. The predicted molar refractivity (Wildman–Crippen MR) is 122 cm³/mol. The minimum Gasteiger partial charge on any atom is -0.381 e. The van der Waals surface area contributed by atoms with Gasteiger partial charge in [-0.3, -0.25) is 9.59 Å². The van der Waals surface area contributed by atoms with E-state index in [1.165, 1.54) is 28.9 Å². The van der Waals surface area contributed by atoms with E-state index in [0.717, 1.165) is 6.42 Å².